The van der Waals surface area contributed by atoms with Gasteiger partial charge in [0, 0.05) is 17.4 Å². The maximum Gasteiger partial charge on any atom is 0.0750 e. The summed E-state index contributed by atoms with van der Waals surface area (Å²) in [4.78, 5) is 5.39. The maximum atomic E-state index is 5.39. The van der Waals surface area contributed by atoms with Crippen LogP contribution in [0, 0.1) is 5.92 Å². The van der Waals surface area contributed by atoms with Gasteiger partial charge in [0.1, 0.15) is 0 Å². The van der Waals surface area contributed by atoms with E-state index in [1.165, 1.54) is 55.3 Å². The predicted octanol–water partition coefficient (Wildman–Crippen LogP) is 12.2. The molecule has 2 atom stereocenters. The first kappa shape index (κ1) is 29.8. The van der Waals surface area contributed by atoms with Crippen molar-refractivity contribution in [1.29, 1.82) is 0 Å². The van der Waals surface area contributed by atoms with Gasteiger partial charge in [-0.05, 0) is 87.1 Å². The fraction of sp³-hybridized carbons (Fsp3) is 0.128. The van der Waals surface area contributed by atoms with Crippen LogP contribution < -0.4 is 0 Å². The third-order valence-corrected chi connectivity index (χ3v) is 10.2. The summed E-state index contributed by atoms with van der Waals surface area (Å²) in [5.74, 6) is 0.407. The predicted molar refractivity (Wildman–Crippen MR) is 205 cm³/mol. The minimum absolute atomic E-state index is 0.199. The summed E-state index contributed by atoms with van der Waals surface area (Å²) >= 11 is 0. The van der Waals surface area contributed by atoms with E-state index in [2.05, 4.69) is 165 Å². The van der Waals surface area contributed by atoms with Crippen LogP contribution >= 0.6 is 0 Å². The zero-order chi connectivity index (χ0) is 32.5. The van der Waals surface area contributed by atoms with Crippen LogP contribution in [0.2, 0.25) is 0 Å². The molecule has 0 radical (unpaired) electrons. The number of benzene rings is 5. The van der Waals surface area contributed by atoms with Gasteiger partial charge in [-0.1, -0.05) is 164 Å². The van der Waals surface area contributed by atoms with E-state index in [-0.39, 0.29) is 11.8 Å². The first-order valence-corrected chi connectivity index (χ1v) is 17.1. The molecule has 8 rings (SSSR count). The molecule has 0 spiro atoms. The molecule has 3 aliphatic rings. The molecule has 3 aliphatic carbocycles. The fourth-order valence-corrected chi connectivity index (χ4v) is 7.83. The monoisotopic (exact) mass is 617 g/mol. The van der Waals surface area contributed by atoms with Crippen LogP contribution in [-0.4, -0.2) is 5.71 Å². The number of nitrogens with zero attached hydrogens (tertiary/aromatic N) is 1. The van der Waals surface area contributed by atoms with Gasteiger partial charge in [0.05, 0.1) is 11.4 Å². The summed E-state index contributed by atoms with van der Waals surface area (Å²) in [5.41, 5.74) is 14.7. The van der Waals surface area contributed by atoms with Crippen LogP contribution in [0.25, 0.3) is 27.6 Å². The molecule has 1 heteroatoms. The highest BCUT2D eigenvalue weighted by molar-refractivity contribution is 6.18. The summed E-state index contributed by atoms with van der Waals surface area (Å²) < 4.78 is 0. The molecule has 1 nitrogen and oxygen atoms in total. The van der Waals surface area contributed by atoms with Crippen molar-refractivity contribution in [3.05, 3.63) is 209 Å². The van der Waals surface area contributed by atoms with Crippen molar-refractivity contribution in [2.75, 3.05) is 0 Å². The molecule has 48 heavy (non-hydrogen) atoms. The minimum Gasteiger partial charge on any atom is -0.248 e. The first-order valence-electron chi connectivity index (χ1n) is 17.1. The molecule has 2 unspecified atom stereocenters. The van der Waals surface area contributed by atoms with E-state index in [4.69, 9.17) is 4.99 Å². The minimum atomic E-state index is 0.199. The number of allylic oxidation sites excluding steroid dienone is 10. The largest absolute Gasteiger partial charge is 0.248 e. The van der Waals surface area contributed by atoms with E-state index in [1.807, 2.05) is 6.07 Å². The van der Waals surface area contributed by atoms with Gasteiger partial charge >= 0.3 is 0 Å². The number of hydrogen-bond donors (Lipinski definition) is 0. The molecule has 0 saturated carbocycles. The van der Waals surface area contributed by atoms with E-state index in [9.17, 15) is 0 Å². The van der Waals surface area contributed by atoms with Crippen molar-refractivity contribution >= 4 is 33.3 Å². The third kappa shape index (κ3) is 5.46. The summed E-state index contributed by atoms with van der Waals surface area (Å²) in [6.07, 6.45) is 16.8. The van der Waals surface area contributed by atoms with Gasteiger partial charge in [-0.25, -0.2) is 4.99 Å². The molecule has 232 valence electrons. The van der Waals surface area contributed by atoms with Crippen molar-refractivity contribution in [2.24, 2.45) is 10.9 Å². The number of hydrogen-bond acceptors (Lipinski definition) is 1. The van der Waals surface area contributed by atoms with Crippen molar-refractivity contribution in [3.8, 4) is 0 Å². The summed E-state index contributed by atoms with van der Waals surface area (Å²) in [6.45, 7) is 6.72. The van der Waals surface area contributed by atoms with Crippen molar-refractivity contribution in [2.45, 2.75) is 32.1 Å². The molecular weight excluding hydrogens is 579 g/mol. The Labute approximate surface area is 284 Å². The van der Waals surface area contributed by atoms with Crippen molar-refractivity contribution in [1.82, 2.24) is 0 Å². The summed E-state index contributed by atoms with van der Waals surface area (Å²) in [6, 6.07) is 43.8. The van der Waals surface area contributed by atoms with Gasteiger partial charge in [0.15, 0.2) is 0 Å². The zero-order valence-electron chi connectivity index (χ0n) is 27.4. The van der Waals surface area contributed by atoms with E-state index in [1.54, 1.807) is 0 Å². The van der Waals surface area contributed by atoms with Crippen LogP contribution in [0.4, 0.5) is 0 Å². The van der Waals surface area contributed by atoms with Crippen LogP contribution in [0.5, 0.6) is 0 Å². The quantitative estimate of drug-likeness (QED) is 0.161. The second-order valence-corrected chi connectivity index (χ2v) is 13.0. The topological polar surface area (TPSA) is 12.4 Å². The Balaban J connectivity index is 1.29. The third-order valence-electron chi connectivity index (χ3n) is 10.2. The standard InChI is InChI=1S/C47H39N/c1-32(34-16-6-3-7-17-34)44(37-21-10-5-11-22-37)47(48-33(2)35-18-8-4-9-19-35)39-28-26-38(27-29-39)45-42-25-15-14-24-41(42)43-31-30-36-20-12-13-23-40(36)46(43)45/h3-13,15-21,23,25-31,37,45H,2,14,22,24H2,1H3/b44-32+,48-47-. The molecule has 0 amide bonds. The molecule has 0 aliphatic heterocycles. The van der Waals surface area contributed by atoms with Gasteiger partial charge in [0.2, 0.25) is 0 Å². The number of rotatable bonds is 7. The molecule has 0 fully saturated rings. The lowest BCUT2D eigenvalue weighted by atomic mass is 9.81. The average molecular weight is 618 g/mol. The molecule has 0 aromatic heterocycles. The van der Waals surface area contributed by atoms with E-state index in [0.717, 1.165) is 41.8 Å². The zero-order valence-corrected chi connectivity index (χ0v) is 27.4. The Morgan fingerprint density at radius 1 is 0.708 bits per heavy atom. The smallest absolute Gasteiger partial charge is 0.0750 e. The summed E-state index contributed by atoms with van der Waals surface area (Å²) in [7, 11) is 0. The normalized spacial score (nSPS) is 18.9. The lowest BCUT2D eigenvalue weighted by molar-refractivity contribution is 0.798. The molecule has 0 saturated heterocycles. The number of fused-ring (bicyclic) bond motifs is 4. The molecular formula is C47H39N. The molecule has 5 aromatic carbocycles. The van der Waals surface area contributed by atoms with Crippen LogP contribution in [-0.2, 0) is 0 Å². The lowest BCUT2D eigenvalue weighted by Gasteiger charge is -2.24. The van der Waals surface area contributed by atoms with Crippen molar-refractivity contribution < 1.29 is 0 Å². The Hall–Kier alpha value is -5.53. The van der Waals surface area contributed by atoms with Gasteiger partial charge in [0.25, 0.3) is 0 Å². The van der Waals surface area contributed by atoms with Crippen LogP contribution in [0.3, 0.4) is 0 Å². The lowest BCUT2D eigenvalue weighted by Crippen LogP contribution is -2.16. The Morgan fingerprint density at radius 3 is 2.19 bits per heavy atom. The maximum absolute atomic E-state index is 5.39. The molecule has 5 aromatic rings. The Morgan fingerprint density at radius 2 is 1.44 bits per heavy atom. The molecule has 0 heterocycles. The Bertz CT molecular complexity index is 2200. The van der Waals surface area contributed by atoms with Gasteiger partial charge in [-0.2, -0.15) is 0 Å². The van der Waals surface area contributed by atoms with Gasteiger partial charge in [-0.3, -0.25) is 0 Å². The highest BCUT2D eigenvalue weighted by Crippen LogP contribution is 2.51. The highest BCUT2D eigenvalue weighted by Gasteiger charge is 2.33. The highest BCUT2D eigenvalue weighted by atomic mass is 14.8. The van der Waals surface area contributed by atoms with Crippen LogP contribution in [0.15, 0.2) is 181 Å². The van der Waals surface area contributed by atoms with Gasteiger partial charge in [-0.15, -0.1) is 0 Å². The first-order chi connectivity index (χ1) is 23.7. The van der Waals surface area contributed by atoms with E-state index < -0.39 is 0 Å². The summed E-state index contributed by atoms with van der Waals surface area (Å²) in [5, 5.41) is 2.66. The van der Waals surface area contributed by atoms with Crippen LogP contribution in [0.1, 0.15) is 65.5 Å². The van der Waals surface area contributed by atoms with Gasteiger partial charge < -0.3 is 0 Å². The van der Waals surface area contributed by atoms with E-state index in [0.29, 0.717) is 0 Å². The average Bonchev–Trinajstić information content (AvgIpc) is 3.50. The number of aliphatic imine (C=N–C) groups is 1. The Kier molecular flexibility index (Phi) is 8.04. The second-order valence-electron chi connectivity index (χ2n) is 13.0. The van der Waals surface area contributed by atoms with Crippen molar-refractivity contribution in [3.63, 3.8) is 0 Å². The fourth-order valence-electron chi connectivity index (χ4n) is 7.83. The molecule has 0 N–H and O–H groups in total. The van der Waals surface area contributed by atoms with E-state index >= 15 is 0 Å². The molecule has 0 bridgehead atoms. The second kappa shape index (κ2) is 12.9. The SMILES string of the molecule is C=C(/N=C(\C(=C(/C)c1ccccc1)C1C=CC=CC1)c1ccc(C2C3=C(CCC=C3)c3ccc4ccccc4c32)cc1)c1ccccc1.